The van der Waals surface area contributed by atoms with Crippen LogP contribution in [0.5, 0.6) is 5.75 Å². The highest BCUT2D eigenvalue weighted by atomic mass is 19.4. The number of amides is 2. The van der Waals surface area contributed by atoms with Crippen LogP contribution >= 0.6 is 0 Å². The number of benzene rings is 2. The Bertz CT molecular complexity index is 802. The van der Waals surface area contributed by atoms with Gasteiger partial charge >= 0.3 is 12.1 Å². The molecule has 5 nitrogen and oxygen atoms in total. The molecule has 26 heavy (non-hydrogen) atoms. The summed E-state index contributed by atoms with van der Waals surface area (Å²) in [6.45, 7) is 3.61. The van der Waals surface area contributed by atoms with Crippen molar-refractivity contribution < 1.29 is 27.5 Å². The van der Waals surface area contributed by atoms with Crippen molar-refractivity contribution >= 4 is 23.2 Å². The average Bonchev–Trinajstić information content (AvgIpc) is 2.55. The highest BCUT2D eigenvalue weighted by Gasteiger charge is 2.38. The maximum atomic E-state index is 12.2. The van der Waals surface area contributed by atoms with Crippen molar-refractivity contribution in [2.24, 2.45) is 0 Å². The molecule has 8 heteroatoms. The van der Waals surface area contributed by atoms with Crippen molar-refractivity contribution in [1.29, 1.82) is 0 Å². The van der Waals surface area contributed by atoms with E-state index in [0.29, 0.717) is 11.4 Å². The number of carbonyl (C=O) groups excluding carboxylic acids is 2. The second kappa shape index (κ2) is 7.90. The van der Waals surface area contributed by atoms with Crippen LogP contribution in [0.15, 0.2) is 42.5 Å². The molecule has 0 radical (unpaired) electrons. The van der Waals surface area contributed by atoms with Crippen molar-refractivity contribution in [2.45, 2.75) is 20.0 Å². The molecule has 2 aromatic rings. The number of aryl methyl sites for hydroxylation is 2. The Morgan fingerprint density at radius 3 is 2.08 bits per heavy atom. The molecular weight excluding hydrogens is 349 g/mol. The normalized spacial score (nSPS) is 11.0. The second-order valence-corrected chi connectivity index (χ2v) is 5.64. The molecule has 0 bridgehead atoms. The Hall–Kier alpha value is -3.03. The Morgan fingerprint density at radius 2 is 1.54 bits per heavy atom. The predicted octanol–water partition coefficient (Wildman–Crippen LogP) is 3.82. The van der Waals surface area contributed by atoms with Crippen molar-refractivity contribution in [2.75, 3.05) is 17.2 Å². The van der Waals surface area contributed by atoms with Crippen molar-refractivity contribution in [3.8, 4) is 5.75 Å². The van der Waals surface area contributed by atoms with E-state index in [0.717, 1.165) is 11.1 Å². The van der Waals surface area contributed by atoms with Gasteiger partial charge in [-0.05, 0) is 49.7 Å². The number of halogens is 3. The quantitative estimate of drug-likeness (QED) is 0.845. The van der Waals surface area contributed by atoms with Crippen molar-refractivity contribution in [3.05, 3.63) is 53.6 Å². The van der Waals surface area contributed by atoms with Gasteiger partial charge < -0.3 is 15.4 Å². The standard InChI is InChI=1S/C18H17F3N2O3/c1-11-3-8-15(12(2)9-11)26-10-16(24)22-13-4-6-14(7-5-13)23-17(25)18(19,20)21/h3-9H,10H2,1-2H3,(H,22,24)(H,23,25). The van der Waals surface area contributed by atoms with E-state index >= 15 is 0 Å². The van der Waals surface area contributed by atoms with Crippen LogP contribution < -0.4 is 15.4 Å². The zero-order valence-electron chi connectivity index (χ0n) is 14.1. The number of hydrogen-bond donors (Lipinski definition) is 2. The molecule has 138 valence electrons. The average molecular weight is 366 g/mol. The van der Waals surface area contributed by atoms with E-state index in [1.54, 1.807) is 11.4 Å². The summed E-state index contributed by atoms with van der Waals surface area (Å²) in [5.41, 5.74) is 2.32. The SMILES string of the molecule is Cc1ccc(OCC(=O)Nc2ccc(NC(=O)C(F)(F)F)cc2)c(C)c1. The van der Waals surface area contributed by atoms with Gasteiger partial charge in [0.2, 0.25) is 0 Å². The highest BCUT2D eigenvalue weighted by molar-refractivity contribution is 5.95. The minimum absolute atomic E-state index is 0.0307. The lowest BCUT2D eigenvalue weighted by Gasteiger charge is -2.11. The van der Waals surface area contributed by atoms with Crippen molar-refractivity contribution in [1.82, 2.24) is 0 Å². The first kappa shape index (κ1) is 19.3. The monoisotopic (exact) mass is 366 g/mol. The molecule has 2 N–H and O–H groups in total. The molecule has 0 aromatic heterocycles. The van der Waals surface area contributed by atoms with E-state index in [9.17, 15) is 22.8 Å². The van der Waals surface area contributed by atoms with Crippen molar-refractivity contribution in [3.63, 3.8) is 0 Å². The third-order valence-electron chi connectivity index (χ3n) is 3.37. The number of rotatable bonds is 5. The van der Waals surface area contributed by atoms with Crippen LogP contribution in [0.2, 0.25) is 0 Å². The van der Waals surface area contributed by atoms with Gasteiger partial charge in [0.15, 0.2) is 6.61 Å². The van der Waals surface area contributed by atoms with Gasteiger partial charge in [-0.25, -0.2) is 0 Å². The number of alkyl halides is 3. The highest BCUT2D eigenvalue weighted by Crippen LogP contribution is 2.20. The minimum Gasteiger partial charge on any atom is -0.483 e. The van der Waals surface area contributed by atoms with Crippen LogP contribution in [0.25, 0.3) is 0 Å². The summed E-state index contributed by atoms with van der Waals surface area (Å²) in [5.74, 6) is -1.89. The molecule has 0 spiro atoms. The van der Waals surface area contributed by atoms with Crippen LogP contribution in [0.4, 0.5) is 24.5 Å². The van der Waals surface area contributed by atoms with Gasteiger partial charge in [-0.2, -0.15) is 13.2 Å². The fraction of sp³-hybridized carbons (Fsp3) is 0.222. The van der Waals surface area contributed by atoms with Crippen LogP contribution in [0, 0.1) is 13.8 Å². The molecule has 0 aliphatic rings. The molecule has 2 rings (SSSR count). The van der Waals surface area contributed by atoms with Gasteiger partial charge in [-0.15, -0.1) is 0 Å². The number of anilines is 2. The largest absolute Gasteiger partial charge is 0.483 e. The smallest absolute Gasteiger partial charge is 0.471 e. The summed E-state index contributed by atoms with van der Waals surface area (Å²) >= 11 is 0. The van der Waals surface area contributed by atoms with Gasteiger partial charge in [0, 0.05) is 11.4 Å². The van der Waals surface area contributed by atoms with Gasteiger partial charge in [-0.3, -0.25) is 9.59 Å². The fourth-order valence-corrected chi connectivity index (χ4v) is 2.14. The molecular formula is C18H17F3N2O3. The summed E-state index contributed by atoms with van der Waals surface area (Å²) in [4.78, 5) is 22.7. The number of hydrogen-bond acceptors (Lipinski definition) is 3. The van der Waals surface area contributed by atoms with E-state index in [4.69, 9.17) is 4.74 Å². The molecule has 0 fully saturated rings. The zero-order valence-corrected chi connectivity index (χ0v) is 14.1. The summed E-state index contributed by atoms with van der Waals surface area (Å²) in [7, 11) is 0. The van der Waals surface area contributed by atoms with Crippen LogP contribution in [0.3, 0.4) is 0 Å². The van der Waals surface area contributed by atoms with E-state index in [2.05, 4.69) is 5.32 Å². The molecule has 0 unspecified atom stereocenters. The Balaban J connectivity index is 1.88. The number of ether oxygens (including phenoxy) is 1. The van der Waals surface area contributed by atoms with Gasteiger partial charge in [0.25, 0.3) is 5.91 Å². The molecule has 0 aliphatic heterocycles. The Morgan fingerprint density at radius 1 is 0.962 bits per heavy atom. The third-order valence-corrected chi connectivity index (χ3v) is 3.37. The topological polar surface area (TPSA) is 67.4 Å². The lowest BCUT2D eigenvalue weighted by molar-refractivity contribution is -0.167. The first-order valence-corrected chi connectivity index (χ1v) is 7.63. The number of carbonyl (C=O) groups is 2. The molecule has 2 amide bonds. The van der Waals surface area contributed by atoms with E-state index in [1.807, 2.05) is 26.0 Å². The van der Waals surface area contributed by atoms with Crippen LogP contribution in [0.1, 0.15) is 11.1 Å². The molecule has 0 aliphatic carbocycles. The molecule has 0 saturated carbocycles. The van der Waals surface area contributed by atoms with E-state index in [-0.39, 0.29) is 12.3 Å². The molecule has 0 atom stereocenters. The van der Waals surface area contributed by atoms with E-state index < -0.39 is 18.0 Å². The Kier molecular flexibility index (Phi) is 5.86. The first-order valence-electron chi connectivity index (χ1n) is 7.63. The fourth-order valence-electron chi connectivity index (χ4n) is 2.14. The lowest BCUT2D eigenvalue weighted by atomic mass is 10.1. The molecule has 0 saturated heterocycles. The van der Waals surface area contributed by atoms with E-state index in [1.165, 1.54) is 24.3 Å². The number of nitrogens with one attached hydrogen (secondary N) is 2. The Labute approximate surface area is 148 Å². The third kappa shape index (κ3) is 5.51. The summed E-state index contributed by atoms with van der Waals surface area (Å²) < 4.78 is 42.0. The maximum Gasteiger partial charge on any atom is 0.471 e. The van der Waals surface area contributed by atoms with Crippen LogP contribution in [-0.2, 0) is 9.59 Å². The lowest BCUT2D eigenvalue weighted by Crippen LogP contribution is -2.29. The van der Waals surface area contributed by atoms with Gasteiger partial charge in [0.05, 0.1) is 0 Å². The summed E-state index contributed by atoms with van der Waals surface area (Å²) in [6.07, 6.45) is -4.96. The van der Waals surface area contributed by atoms with Gasteiger partial charge in [0.1, 0.15) is 5.75 Å². The second-order valence-electron chi connectivity index (χ2n) is 5.64. The zero-order chi connectivity index (χ0) is 19.3. The van der Waals surface area contributed by atoms with Gasteiger partial charge in [-0.1, -0.05) is 17.7 Å². The predicted molar refractivity (Wildman–Crippen MR) is 91.2 cm³/mol. The summed E-state index contributed by atoms with van der Waals surface area (Å²) in [5, 5.41) is 4.27. The maximum absolute atomic E-state index is 12.2. The van der Waals surface area contributed by atoms with Crippen LogP contribution in [-0.4, -0.2) is 24.6 Å². The molecule has 0 heterocycles. The summed E-state index contributed by atoms with van der Waals surface area (Å²) in [6, 6.07) is 10.8. The minimum atomic E-state index is -4.96. The first-order chi connectivity index (χ1) is 12.1. The molecule has 2 aromatic carbocycles.